The molecule has 1 aromatic heterocycles. The predicted octanol–water partition coefficient (Wildman–Crippen LogP) is 4.29. The molecule has 0 aliphatic heterocycles. The molecular formula is C17H24N2. The Labute approximate surface area is 116 Å². The first-order chi connectivity index (χ1) is 9.29. The monoisotopic (exact) mass is 256 g/mol. The second-order valence-corrected chi connectivity index (χ2v) is 5.33. The zero-order valence-corrected chi connectivity index (χ0v) is 12.0. The second kappa shape index (κ2) is 7.25. The van der Waals surface area contributed by atoms with Crippen LogP contribution in [-0.2, 0) is 6.54 Å². The Morgan fingerprint density at radius 1 is 1.16 bits per heavy atom. The lowest BCUT2D eigenvalue weighted by molar-refractivity contribution is 0.487. The molecule has 2 rings (SSSR count). The number of nitrogens with zero attached hydrogens (tertiary/aromatic N) is 1. The summed E-state index contributed by atoms with van der Waals surface area (Å²) in [4.78, 5) is 4.14. The number of pyridine rings is 1. The fraction of sp³-hybridized carbons (Fsp3) is 0.471. The fourth-order valence-corrected chi connectivity index (χ4v) is 2.34. The van der Waals surface area contributed by atoms with Crippen LogP contribution in [0.5, 0.6) is 0 Å². The third kappa shape index (κ3) is 4.32. The number of benzene rings is 1. The highest BCUT2D eigenvalue weighted by molar-refractivity contribution is 5.81. The van der Waals surface area contributed by atoms with Crippen molar-refractivity contribution >= 4 is 10.8 Å². The van der Waals surface area contributed by atoms with Gasteiger partial charge in [-0.15, -0.1) is 0 Å². The van der Waals surface area contributed by atoms with Crippen molar-refractivity contribution in [2.45, 2.75) is 52.1 Å². The van der Waals surface area contributed by atoms with Crippen LogP contribution >= 0.6 is 0 Å². The molecule has 0 radical (unpaired) electrons. The molecule has 102 valence electrons. The zero-order valence-electron chi connectivity index (χ0n) is 12.0. The van der Waals surface area contributed by atoms with E-state index in [0.717, 1.165) is 6.54 Å². The van der Waals surface area contributed by atoms with Gasteiger partial charge in [0.25, 0.3) is 0 Å². The van der Waals surface area contributed by atoms with Crippen molar-refractivity contribution in [3.63, 3.8) is 0 Å². The van der Waals surface area contributed by atoms with Crippen molar-refractivity contribution in [3.8, 4) is 0 Å². The maximum atomic E-state index is 4.14. The van der Waals surface area contributed by atoms with Crippen molar-refractivity contribution in [1.82, 2.24) is 10.3 Å². The molecule has 0 fully saturated rings. The third-order valence-corrected chi connectivity index (χ3v) is 3.60. The number of hydrogen-bond acceptors (Lipinski definition) is 2. The molecular weight excluding hydrogens is 232 g/mol. The smallest absolute Gasteiger partial charge is 0.0346 e. The lowest BCUT2D eigenvalue weighted by Crippen LogP contribution is -2.25. The maximum absolute atomic E-state index is 4.14. The van der Waals surface area contributed by atoms with Crippen LogP contribution in [0.4, 0.5) is 0 Å². The summed E-state index contributed by atoms with van der Waals surface area (Å²) < 4.78 is 0. The third-order valence-electron chi connectivity index (χ3n) is 3.60. The molecule has 0 saturated carbocycles. The van der Waals surface area contributed by atoms with Gasteiger partial charge in [-0.2, -0.15) is 0 Å². The second-order valence-electron chi connectivity index (χ2n) is 5.33. The van der Waals surface area contributed by atoms with Crippen LogP contribution in [0.25, 0.3) is 10.8 Å². The standard InChI is InChI=1S/C17H24N2/c1-3-4-5-6-14(2)19-12-15-7-8-17-13-18-10-9-16(17)11-15/h7-11,13-14,19H,3-6,12H2,1-2H3/t14-/m1/s1. The van der Waals surface area contributed by atoms with E-state index < -0.39 is 0 Å². The molecule has 0 bridgehead atoms. The van der Waals surface area contributed by atoms with E-state index in [2.05, 4.69) is 48.4 Å². The van der Waals surface area contributed by atoms with Gasteiger partial charge in [0, 0.05) is 30.4 Å². The molecule has 1 heterocycles. The molecule has 1 atom stereocenters. The van der Waals surface area contributed by atoms with Crippen LogP contribution in [0, 0.1) is 0 Å². The van der Waals surface area contributed by atoms with E-state index in [4.69, 9.17) is 0 Å². The van der Waals surface area contributed by atoms with Crippen LogP contribution in [0.15, 0.2) is 36.7 Å². The van der Waals surface area contributed by atoms with E-state index in [1.54, 1.807) is 0 Å². The zero-order chi connectivity index (χ0) is 13.5. The molecule has 0 aliphatic rings. The van der Waals surface area contributed by atoms with E-state index in [9.17, 15) is 0 Å². The van der Waals surface area contributed by atoms with Gasteiger partial charge in [0.1, 0.15) is 0 Å². The van der Waals surface area contributed by atoms with Gasteiger partial charge in [-0.3, -0.25) is 4.98 Å². The molecule has 0 amide bonds. The summed E-state index contributed by atoms with van der Waals surface area (Å²) in [6, 6.07) is 9.27. The van der Waals surface area contributed by atoms with Gasteiger partial charge in [-0.25, -0.2) is 0 Å². The predicted molar refractivity (Wildman–Crippen MR) is 82.2 cm³/mol. The highest BCUT2D eigenvalue weighted by Gasteiger charge is 2.02. The van der Waals surface area contributed by atoms with E-state index >= 15 is 0 Å². The van der Waals surface area contributed by atoms with E-state index in [1.165, 1.54) is 42.0 Å². The highest BCUT2D eigenvalue weighted by Crippen LogP contribution is 2.14. The van der Waals surface area contributed by atoms with Crippen LogP contribution in [0.1, 0.15) is 45.1 Å². The highest BCUT2D eigenvalue weighted by atomic mass is 14.9. The molecule has 2 aromatic rings. The average Bonchev–Trinajstić information content (AvgIpc) is 2.45. The van der Waals surface area contributed by atoms with Crippen LogP contribution < -0.4 is 5.32 Å². The lowest BCUT2D eigenvalue weighted by atomic mass is 10.1. The van der Waals surface area contributed by atoms with Crippen molar-refractivity contribution < 1.29 is 0 Å². The SMILES string of the molecule is CCCCC[C@@H](C)NCc1ccc2cnccc2c1. The summed E-state index contributed by atoms with van der Waals surface area (Å²) in [6.45, 7) is 5.48. The Hall–Kier alpha value is -1.41. The van der Waals surface area contributed by atoms with Crippen LogP contribution in [0.3, 0.4) is 0 Å². The largest absolute Gasteiger partial charge is 0.310 e. The molecule has 0 saturated heterocycles. The van der Waals surface area contributed by atoms with Crippen molar-refractivity contribution in [2.24, 2.45) is 0 Å². The minimum atomic E-state index is 0.597. The summed E-state index contributed by atoms with van der Waals surface area (Å²) in [5.74, 6) is 0. The topological polar surface area (TPSA) is 24.9 Å². The van der Waals surface area contributed by atoms with Gasteiger partial charge in [-0.1, -0.05) is 38.3 Å². The normalized spacial score (nSPS) is 12.7. The minimum Gasteiger partial charge on any atom is -0.310 e. The first-order valence-electron chi connectivity index (χ1n) is 7.35. The number of hydrogen-bond donors (Lipinski definition) is 1. The summed E-state index contributed by atoms with van der Waals surface area (Å²) in [5, 5.41) is 6.09. The van der Waals surface area contributed by atoms with Gasteiger partial charge in [0.05, 0.1) is 0 Å². The van der Waals surface area contributed by atoms with Crippen molar-refractivity contribution in [2.75, 3.05) is 0 Å². The van der Waals surface area contributed by atoms with Gasteiger partial charge in [0.2, 0.25) is 0 Å². The van der Waals surface area contributed by atoms with E-state index in [-0.39, 0.29) is 0 Å². The number of aromatic nitrogens is 1. The fourth-order valence-electron chi connectivity index (χ4n) is 2.34. The Balaban J connectivity index is 1.87. The van der Waals surface area contributed by atoms with Crippen molar-refractivity contribution in [1.29, 1.82) is 0 Å². The molecule has 2 nitrogen and oxygen atoms in total. The quantitative estimate of drug-likeness (QED) is 0.747. The number of fused-ring (bicyclic) bond motifs is 1. The summed E-state index contributed by atoms with van der Waals surface area (Å²) >= 11 is 0. The van der Waals surface area contributed by atoms with Gasteiger partial charge in [-0.05, 0) is 36.4 Å². The molecule has 0 unspecified atom stereocenters. The minimum absolute atomic E-state index is 0.597. The lowest BCUT2D eigenvalue weighted by Gasteiger charge is -2.13. The number of unbranched alkanes of at least 4 members (excludes halogenated alkanes) is 2. The first-order valence-corrected chi connectivity index (χ1v) is 7.35. The molecule has 19 heavy (non-hydrogen) atoms. The van der Waals surface area contributed by atoms with E-state index in [0.29, 0.717) is 6.04 Å². The summed E-state index contributed by atoms with van der Waals surface area (Å²) in [5.41, 5.74) is 1.35. The van der Waals surface area contributed by atoms with Crippen LogP contribution in [-0.4, -0.2) is 11.0 Å². The summed E-state index contributed by atoms with van der Waals surface area (Å²) in [7, 11) is 0. The molecule has 1 aromatic carbocycles. The van der Waals surface area contributed by atoms with Crippen molar-refractivity contribution in [3.05, 3.63) is 42.2 Å². The summed E-state index contributed by atoms with van der Waals surface area (Å²) in [6.07, 6.45) is 9.01. The van der Waals surface area contributed by atoms with Gasteiger partial charge >= 0.3 is 0 Å². The van der Waals surface area contributed by atoms with E-state index in [1.807, 2.05) is 12.4 Å². The molecule has 1 N–H and O–H groups in total. The van der Waals surface area contributed by atoms with Gasteiger partial charge in [0.15, 0.2) is 0 Å². The Kier molecular flexibility index (Phi) is 5.34. The molecule has 0 aliphatic carbocycles. The van der Waals surface area contributed by atoms with Gasteiger partial charge < -0.3 is 5.32 Å². The average molecular weight is 256 g/mol. The van der Waals surface area contributed by atoms with Crippen LogP contribution in [0.2, 0.25) is 0 Å². The first kappa shape index (κ1) is 14.0. The Morgan fingerprint density at radius 2 is 2.05 bits per heavy atom. The maximum Gasteiger partial charge on any atom is 0.0346 e. The Morgan fingerprint density at radius 3 is 2.89 bits per heavy atom. The number of nitrogens with one attached hydrogen (secondary N) is 1. The Bertz CT molecular complexity index is 507. The molecule has 0 spiro atoms. The molecule has 2 heteroatoms. The number of rotatable bonds is 7.